The van der Waals surface area contributed by atoms with Crippen molar-refractivity contribution in [2.24, 2.45) is 5.73 Å². The van der Waals surface area contributed by atoms with Crippen molar-refractivity contribution in [2.45, 2.75) is 25.6 Å². The molecule has 172 valence electrons. The molecule has 0 saturated heterocycles. The highest BCUT2D eigenvalue weighted by molar-refractivity contribution is 6.31. The summed E-state index contributed by atoms with van der Waals surface area (Å²) < 4.78 is 15.6. The SMILES string of the molecule is NCc1ccc(C(CC(=O)O)NC(=O)Nc2c(F)ccn(Cc3ccccc3Cl)c2=O)cc1. The fourth-order valence-corrected chi connectivity index (χ4v) is 3.42. The molecule has 0 bridgehead atoms. The van der Waals surface area contributed by atoms with Crippen molar-refractivity contribution in [1.29, 1.82) is 0 Å². The largest absolute Gasteiger partial charge is 0.481 e. The van der Waals surface area contributed by atoms with Gasteiger partial charge >= 0.3 is 12.0 Å². The molecule has 10 heteroatoms. The minimum Gasteiger partial charge on any atom is -0.481 e. The second-order valence-corrected chi connectivity index (χ2v) is 7.66. The zero-order chi connectivity index (χ0) is 24.0. The maximum atomic E-state index is 14.4. The fourth-order valence-electron chi connectivity index (χ4n) is 3.22. The lowest BCUT2D eigenvalue weighted by Gasteiger charge is -2.18. The zero-order valence-corrected chi connectivity index (χ0v) is 18.2. The number of hydrogen-bond acceptors (Lipinski definition) is 4. The van der Waals surface area contributed by atoms with Gasteiger partial charge in [-0.2, -0.15) is 0 Å². The van der Waals surface area contributed by atoms with E-state index in [9.17, 15) is 23.9 Å². The van der Waals surface area contributed by atoms with Gasteiger partial charge in [0.1, 0.15) is 5.69 Å². The van der Waals surface area contributed by atoms with E-state index < -0.39 is 41.5 Å². The van der Waals surface area contributed by atoms with E-state index in [1.54, 1.807) is 48.5 Å². The summed E-state index contributed by atoms with van der Waals surface area (Å²) in [6.45, 7) is 0.385. The van der Waals surface area contributed by atoms with Crippen LogP contribution in [0.2, 0.25) is 5.02 Å². The number of carboxylic acids is 1. The number of amides is 2. The Hall–Kier alpha value is -3.69. The van der Waals surface area contributed by atoms with Crippen molar-refractivity contribution in [3.63, 3.8) is 0 Å². The highest BCUT2D eigenvalue weighted by Crippen LogP contribution is 2.19. The van der Waals surface area contributed by atoms with E-state index in [1.807, 2.05) is 0 Å². The summed E-state index contributed by atoms with van der Waals surface area (Å²) in [6, 6.07) is 12.8. The van der Waals surface area contributed by atoms with Gasteiger partial charge in [-0.05, 0) is 28.8 Å². The molecule has 0 spiro atoms. The first kappa shape index (κ1) is 24.0. The van der Waals surface area contributed by atoms with Crippen molar-refractivity contribution < 1.29 is 19.1 Å². The quantitative estimate of drug-likeness (QED) is 0.399. The summed E-state index contributed by atoms with van der Waals surface area (Å²) in [4.78, 5) is 36.6. The molecule has 2 aromatic carbocycles. The highest BCUT2D eigenvalue weighted by atomic mass is 35.5. The van der Waals surface area contributed by atoms with Gasteiger partial charge in [0.25, 0.3) is 5.56 Å². The van der Waals surface area contributed by atoms with Crippen LogP contribution in [-0.2, 0) is 17.9 Å². The summed E-state index contributed by atoms with van der Waals surface area (Å²) in [5.74, 6) is -2.07. The molecule has 3 rings (SSSR count). The monoisotopic (exact) mass is 472 g/mol. The van der Waals surface area contributed by atoms with Gasteiger partial charge < -0.3 is 26.0 Å². The Morgan fingerprint density at radius 2 is 1.82 bits per heavy atom. The molecule has 3 aromatic rings. The van der Waals surface area contributed by atoms with Crippen molar-refractivity contribution in [1.82, 2.24) is 9.88 Å². The number of nitrogens with zero attached hydrogens (tertiary/aromatic N) is 1. The van der Waals surface area contributed by atoms with Gasteiger partial charge in [-0.15, -0.1) is 0 Å². The number of nitrogens with two attached hydrogens (primary N) is 1. The fraction of sp³-hybridized carbons (Fsp3) is 0.174. The molecule has 1 aromatic heterocycles. The lowest BCUT2D eigenvalue weighted by Crippen LogP contribution is -2.36. The van der Waals surface area contributed by atoms with E-state index in [0.717, 1.165) is 11.6 Å². The maximum Gasteiger partial charge on any atom is 0.319 e. The summed E-state index contributed by atoms with van der Waals surface area (Å²) in [6.07, 6.45) is 0.847. The number of aromatic nitrogens is 1. The molecule has 1 atom stereocenters. The minimum absolute atomic E-state index is 0.0736. The smallest absolute Gasteiger partial charge is 0.319 e. The van der Waals surface area contributed by atoms with Crippen LogP contribution >= 0.6 is 11.6 Å². The molecule has 0 saturated carbocycles. The first-order valence-electron chi connectivity index (χ1n) is 9.99. The molecule has 33 heavy (non-hydrogen) atoms. The number of carbonyl (C=O) groups excluding carboxylic acids is 1. The van der Waals surface area contributed by atoms with Gasteiger partial charge in [0.2, 0.25) is 0 Å². The standard InChI is InChI=1S/C23H22ClFN4O4/c24-17-4-2-1-3-16(17)13-29-10-9-18(25)21(22(29)32)28-23(33)27-19(11-20(30)31)15-7-5-14(12-26)6-8-15/h1-10,19H,11-13,26H2,(H,30,31)(H2,27,28,33). The molecule has 8 nitrogen and oxygen atoms in total. The van der Waals surface area contributed by atoms with E-state index in [2.05, 4.69) is 10.6 Å². The van der Waals surface area contributed by atoms with Crippen molar-refractivity contribution >= 4 is 29.3 Å². The Bertz CT molecular complexity index is 1210. The summed E-state index contributed by atoms with van der Waals surface area (Å²) in [5, 5.41) is 14.4. The Balaban J connectivity index is 1.80. The molecule has 0 radical (unpaired) electrons. The average molecular weight is 473 g/mol. The Morgan fingerprint density at radius 3 is 2.45 bits per heavy atom. The van der Waals surface area contributed by atoms with Crippen LogP contribution in [0.3, 0.4) is 0 Å². The Kier molecular flexibility index (Phi) is 7.81. The van der Waals surface area contributed by atoms with Crippen LogP contribution in [0, 0.1) is 5.82 Å². The van der Waals surface area contributed by atoms with Gasteiger partial charge in [-0.25, -0.2) is 9.18 Å². The summed E-state index contributed by atoms with van der Waals surface area (Å²) in [5.41, 5.74) is 6.24. The molecule has 0 aliphatic carbocycles. The second kappa shape index (κ2) is 10.8. The van der Waals surface area contributed by atoms with Crippen molar-refractivity contribution in [2.75, 3.05) is 5.32 Å². The second-order valence-electron chi connectivity index (χ2n) is 7.26. The van der Waals surface area contributed by atoms with Crippen LogP contribution < -0.4 is 21.9 Å². The number of benzene rings is 2. The summed E-state index contributed by atoms with van der Waals surface area (Å²) in [7, 11) is 0. The lowest BCUT2D eigenvalue weighted by molar-refractivity contribution is -0.137. The maximum absolute atomic E-state index is 14.4. The number of halogens is 2. The van der Waals surface area contributed by atoms with Crippen LogP contribution in [0.25, 0.3) is 0 Å². The molecular weight excluding hydrogens is 451 g/mol. The number of hydrogen-bond donors (Lipinski definition) is 4. The van der Waals surface area contributed by atoms with Gasteiger partial charge in [0.15, 0.2) is 5.82 Å². The van der Waals surface area contributed by atoms with Gasteiger partial charge in [-0.3, -0.25) is 9.59 Å². The van der Waals surface area contributed by atoms with Crippen LogP contribution in [0.5, 0.6) is 0 Å². The minimum atomic E-state index is -1.14. The third kappa shape index (κ3) is 6.18. The number of rotatable bonds is 8. The number of carboxylic acid groups (broad SMARTS) is 1. The predicted molar refractivity (Wildman–Crippen MR) is 123 cm³/mol. The molecular formula is C23H22ClFN4O4. The average Bonchev–Trinajstić information content (AvgIpc) is 2.79. The van der Waals surface area contributed by atoms with Gasteiger partial charge in [-0.1, -0.05) is 54.1 Å². The van der Waals surface area contributed by atoms with E-state index >= 15 is 0 Å². The van der Waals surface area contributed by atoms with Gasteiger partial charge in [0.05, 0.1) is 19.0 Å². The van der Waals surface area contributed by atoms with E-state index in [0.29, 0.717) is 22.7 Å². The van der Waals surface area contributed by atoms with Crippen LogP contribution in [0.1, 0.15) is 29.2 Å². The van der Waals surface area contributed by atoms with Crippen molar-refractivity contribution in [3.05, 3.63) is 98.7 Å². The number of pyridine rings is 1. The van der Waals surface area contributed by atoms with E-state index in [1.165, 1.54) is 10.8 Å². The Labute approximate surface area is 193 Å². The summed E-state index contributed by atoms with van der Waals surface area (Å²) >= 11 is 6.13. The van der Waals surface area contributed by atoms with Gasteiger partial charge in [0, 0.05) is 17.8 Å². The van der Waals surface area contributed by atoms with E-state index in [-0.39, 0.29) is 6.54 Å². The van der Waals surface area contributed by atoms with Crippen molar-refractivity contribution in [3.8, 4) is 0 Å². The molecule has 0 fully saturated rings. The third-order valence-corrected chi connectivity index (χ3v) is 5.32. The zero-order valence-electron chi connectivity index (χ0n) is 17.4. The molecule has 2 amide bonds. The molecule has 0 aliphatic rings. The highest BCUT2D eigenvalue weighted by Gasteiger charge is 2.20. The number of aliphatic carboxylic acids is 1. The third-order valence-electron chi connectivity index (χ3n) is 4.95. The molecule has 0 aliphatic heterocycles. The first-order valence-corrected chi connectivity index (χ1v) is 10.4. The van der Waals surface area contributed by atoms with Crippen LogP contribution in [-0.4, -0.2) is 21.7 Å². The molecule has 5 N–H and O–H groups in total. The first-order chi connectivity index (χ1) is 15.8. The number of anilines is 1. The molecule has 1 heterocycles. The van der Waals surface area contributed by atoms with Crippen LogP contribution in [0.4, 0.5) is 14.9 Å². The topological polar surface area (TPSA) is 126 Å². The van der Waals surface area contributed by atoms with E-state index in [4.69, 9.17) is 17.3 Å². The predicted octanol–water partition coefficient (Wildman–Crippen LogP) is 3.49. The lowest BCUT2D eigenvalue weighted by atomic mass is 10.0. The molecule has 1 unspecified atom stereocenters. The normalized spacial score (nSPS) is 11.6. The van der Waals surface area contributed by atoms with Crippen LogP contribution in [0.15, 0.2) is 65.6 Å². The number of carbonyl (C=O) groups is 2. The Morgan fingerprint density at radius 1 is 1.12 bits per heavy atom. The number of nitrogens with one attached hydrogen (secondary N) is 2. The number of urea groups is 1.